The van der Waals surface area contributed by atoms with Gasteiger partial charge in [0.25, 0.3) is 0 Å². The van der Waals surface area contributed by atoms with E-state index in [-0.39, 0.29) is 18.0 Å². The minimum atomic E-state index is -3.70. The lowest BCUT2D eigenvalue weighted by atomic mass is 10.2. The number of nitrogens with zero attached hydrogens (tertiary/aromatic N) is 2. The zero-order chi connectivity index (χ0) is 14.0. The average Bonchev–Trinajstić information content (AvgIpc) is 2.39. The molecule has 0 spiro atoms. The molecule has 1 aromatic carbocycles. The number of sulfonamides is 1. The van der Waals surface area contributed by atoms with Crippen LogP contribution in [0.25, 0.3) is 0 Å². The molecule has 102 valence electrons. The molecule has 1 fully saturated rings. The minimum absolute atomic E-state index is 0.129. The molecular weight excluding hydrogens is 266 g/mol. The third kappa shape index (κ3) is 2.62. The Morgan fingerprint density at radius 1 is 1.53 bits per heavy atom. The molecular formula is C12H15N3O3S. The van der Waals surface area contributed by atoms with Gasteiger partial charge in [0.05, 0.1) is 35.9 Å². The topological polar surface area (TPSA) is 96.4 Å². The molecule has 1 saturated heterocycles. The minimum Gasteiger partial charge on any atom is -0.377 e. The highest BCUT2D eigenvalue weighted by molar-refractivity contribution is 7.89. The van der Waals surface area contributed by atoms with Gasteiger partial charge in [0.1, 0.15) is 0 Å². The van der Waals surface area contributed by atoms with Crippen LogP contribution in [0, 0.1) is 18.3 Å². The summed E-state index contributed by atoms with van der Waals surface area (Å²) in [6.45, 7) is 2.42. The molecule has 0 saturated carbocycles. The van der Waals surface area contributed by atoms with Crippen LogP contribution < -0.4 is 5.73 Å². The van der Waals surface area contributed by atoms with Gasteiger partial charge in [0.15, 0.2) is 0 Å². The first-order valence-electron chi connectivity index (χ1n) is 5.83. The van der Waals surface area contributed by atoms with Crippen molar-refractivity contribution in [2.24, 2.45) is 5.73 Å². The lowest BCUT2D eigenvalue weighted by Gasteiger charge is -2.32. The van der Waals surface area contributed by atoms with E-state index in [9.17, 15) is 8.42 Å². The van der Waals surface area contributed by atoms with Crippen molar-refractivity contribution < 1.29 is 13.2 Å². The van der Waals surface area contributed by atoms with Gasteiger partial charge < -0.3 is 10.5 Å². The van der Waals surface area contributed by atoms with Crippen LogP contribution in [0.1, 0.15) is 11.1 Å². The normalized spacial score (nSPS) is 21.0. The molecule has 1 unspecified atom stereocenters. The van der Waals surface area contributed by atoms with E-state index >= 15 is 0 Å². The Kier molecular flexibility index (Phi) is 3.87. The van der Waals surface area contributed by atoms with Gasteiger partial charge >= 0.3 is 0 Å². The monoisotopic (exact) mass is 281 g/mol. The predicted molar refractivity (Wildman–Crippen MR) is 68.6 cm³/mol. The molecule has 1 aliphatic heterocycles. The molecule has 2 N–H and O–H groups in total. The number of nitrogens with two attached hydrogens (primary N) is 1. The van der Waals surface area contributed by atoms with Crippen molar-refractivity contribution in [1.29, 1.82) is 5.26 Å². The number of benzene rings is 1. The molecule has 6 nitrogen and oxygen atoms in total. The SMILES string of the molecule is Cc1ccc(C#N)cc1S(=O)(=O)N1CCOCC1N. The van der Waals surface area contributed by atoms with E-state index in [1.807, 2.05) is 6.07 Å². The Morgan fingerprint density at radius 2 is 2.26 bits per heavy atom. The van der Waals surface area contributed by atoms with E-state index in [1.165, 1.54) is 10.4 Å². The summed E-state index contributed by atoms with van der Waals surface area (Å²) in [7, 11) is -3.70. The number of hydrogen-bond acceptors (Lipinski definition) is 5. The first kappa shape index (κ1) is 14.0. The molecule has 1 aromatic rings. The number of morpholine rings is 1. The van der Waals surface area contributed by atoms with Crippen LogP contribution in [0.3, 0.4) is 0 Å². The molecule has 1 heterocycles. The number of aryl methyl sites for hydroxylation is 1. The van der Waals surface area contributed by atoms with E-state index in [0.717, 1.165) is 0 Å². The molecule has 7 heteroatoms. The first-order valence-corrected chi connectivity index (χ1v) is 7.27. The molecule has 19 heavy (non-hydrogen) atoms. The standard InChI is InChI=1S/C12H15N3O3S/c1-9-2-3-10(7-13)6-11(9)19(16,17)15-4-5-18-8-12(15)14/h2-3,6,12H,4-5,8,14H2,1H3. The number of rotatable bonds is 2. The quantitative estimate of drug-likeness (QED) is 0.833. The molecule has 0 bridgehead atoms. The maximum absolute atomic E-state index is 12.6. The lowest BCUT2D eigenvalue weighted by molar-refractivity contribution is 0.0350. The Hall–Kier alpha value is -1.46. The van der Waals surface area contributed by atoms with Crippen molar-refractivity contribution >= 4 is 10.0 Å². The van der Waals surface area contributed by atoms with Crippen LogP contribution in [-0.4, -0.2) is 38.6 Å². The van der Waals surface area contributed by atoms with Gasteiger partial charge in [0, 0.05) is 6.54 Å². The second kappa shape index (κ2) is 5.27. The van der Waals surface area contributed by atoms with Crippen LogP contribution >= 0.6 is 0 Å². The van der Waals surface area contributed by atoms with Gasteiger partial charge in [-0.1, -0.05) is 6.07 Å². The number of ether oxygens (including phenoxy) is 1. The molecule has 1 atom stereocenters. The van der Waals surface area contributed by atoms with Crippen LogP contribution in [0.2, 0.25) is 0 Å². The van der Waals surface area contributed by atoms with Crippen molar-refractivity contribution in [1.82, 2.24) is 4.31 Å². The third-order valence-corrected chi connectivity index (χ3v) is 5.08. The van der Waals surface area contributed by atoms with Crippen LogP contribution in [0.4, 0.5) is 0 Å². The van der Waals surface area contributed by atoms with E-state index in [0.29, 0.717) is 17.7 Å². The summed E-state index contributed by atoms with van der Waals surface area (Å²) in [4.78, 5) is 0.129. The fourth-order valence-corrected chi connectivity index (χ4v) is 3.72. The second-order valence-electron chi connectivity index (χ2n) is 4.35. The summed E-state index contributed by atoms with van der Waals surface area (Å²) in [6.07, 6.45) is -0.691. The van der Waals surface area contributed by atoms with E-state index in [2.05, 4.69) is 0 Å². The molecule has 0 amide bonds. The van der Waals surface area contributed by atoms with Crippen molar-refractivity contribution in [3.8, 4) is 6.07 Å². The first-order chi connectivity index (χ1) is 8.96. The summed E-state index contributed by atoms with van der Waals surface area (Å²) < 4.78 is 31.5. The Bertz CT molecular complexity index is 622. The van der Waals surface area contributed by atoms with E-state index in [1.54, 1.807) is 19.1 Å². The van der Waals surface area contributed by atoms with Crippen molar-refractivity contribution in [2.75, 3.05) is 19.8 Å². The van der Waals surface area contributed by atoms with Crippen molar-refractivity contribution in [2.45, 2.75) is 18.0 Å². The third-order valence-electron chi connectivity index (χ3n) is 3.02. The van der Waals surface area contributed by atoms with E-state index in [4.69, 9.17) is 15.7 Å². The summed E-state index contributed by atoms with van der Waals surface area (Å²) in [6, 6.07) is 6.54. The van der Waals surface area contributed by atoms with Gasteiger partial charge in [-0.05, 0) is 24.6 Å². The predicted octanol–water partition coefficient (Wildman–Crippen LogP) is 0.172. The summed E-state index contributed by atoms with van der Waals surface area (Å²) in [5.74, 6) is 0. The van der Waals surface area contributed by atoms with Gasteiger partial charge in [-0.25, -0.2) is 8.42 Å². The highest BCUT2D eigenvalue weighted by Gasteiger charge is 2.33. The second-order valence-corrected chi connectivity index (χ2v) is 6.21. The van der Waals surface area contributed by atoms with Gasteiger partial charge in [-0.2, -0.15) is 9.57 Å². The van der Waals surface area contributed by atoms with Gasteiger partial charge in [-0.15, -0.1) is 0 Å². The van der Waals surface area contributed by atoms with Gasteiger partial charge in [0.2, 0.25) is 10.0 Å². The fraction of sp³-hybridized carbons (Fsp3) is 0.417. The molecule has 0 radical (unpaired) electrons. The number of nitriles is 1. The maximum Gasteiger partial charge on any atom is 0.244 e. The molecule has 2 rings (SSSR count). The highest BCUT2D eigenvalue weighted by atomic mass is 32.2. The fourth-order valence-electron chi connectivity index (χ4n) is 1.98. The van der Waals surface area contributed by atoms with Crippen LogP contribution in [0.15, 0.2) is 23.1 Å². The average molecular weight is 281 g/mol. The Labute approximate surface area is 112 Å². The number of hydrogen-bond donors (Lipinski definition) is 1. The molecule has 0 aliphatic carbocycles. The van der Waals surface area contributed by atoms with Gasteiger partial charge in [-0.3, -0.25) is 0 Å². The molecule has 1 aliphatic rings. The Balaban J connectivity index is 2.47. The lowest BCUT2D eigenvalue weighted by Crippen LogP contribution is -2.53. The molecule has 0 aromatic heterocycles. The zero-order valence-electron chi connectivity index (χ0n) is 10.5. The van der Waals surface area contributed by atoms with E-state index < -0.39 is 16.2 Å². The largest absolute Gasteiger partial charge is 0.377 e. The van der Waals surface area contributed by atoms with Crippen molar-refractivity contribution in [3.63, 3.8) is 0 Å². The zero-order valence-corrected chi connectivity index (χ0v) is 11.4. The van der Waals surface area contributed by atoms with Crippen molar-refractivity contribution in [3.05, 3.63) is 29.3 Å². The summed E-state index contributed by atoms with van der Waals surface area (Å²) in [5.41, 5.74) is 6.69. The Morgan fingerprint density at radius 3 is 2.89 bits per heavy atom. The maximum atomic E-state index is 12.6. The summed E-state index contributed by atoms with van der Waals surface area (Å²) in [5, 5.41) is 8.88. The summed E-state index contributed by atoms with van der Waals surface area (Å²) >= 11 is 0. The smallest absolute Gasteiger partial charge is 0.244 e. The highest BCUT2D eigenvalue weighted by Crippen LogP contribution is 2.23. The van der Waals surface area contributed by atoms with Crippen LogP contribution in [0.5, 0.6) is 0 Å². The van der Waals surface area contributed by atoms with Crippen LogP contribution in [-0.2, 0) is 14.8 Å².